The maximum absolute atomic E-state index is 12.9. The molecule has 2 atom stereocenters. The highest BCUT2D eigenvalue weighted by Crippen LogP contribution is 2.39. The molecule has 1 aliphatic carbocycles. The summed E-state index contributed by atoms with van der Waals surface area (Å²) in [5, 5.41) is 8.93. The third kappa shape index (κ3) is 2.71. The van der Waals surface area contributed by atoms with Crippen LogP contribution < -0.4 is 4.90 Å². The van der Waals surface area contributed by atoms with Crippen LogP contribution in [0.15, 0.2) is 10.6 Å². The van der Waals surface area contributed by atoms with E-state index in [-0.39, 0.29) is 5.92 Å². The monoisotopic (exact) mass is 373 g/mol. The summed E-state index contributed by atoms with van der Waals surface area (Å²) in [6, 6.07) is 0.697. The topological polar surface area (TPSA) is 75.4 Å². The van der Waals surface area contributed by atoms with Gasteiger partial charge in [0, 0.05) is 25.9 Å². The zero-order valence-corrected chi connectivity index (χ0v) is 15.7. The van der Waals surface area contributed by atoms with Crippen LogP contribution in [0.3, 0.4) is 0 Å². The lowest BCUT2D eigenvalue weighted by molar-refractivity contribution is -0.151. The number of carbonyl (C=O) groups is 1. The van der Waals surface area contributed by atoms with Crippen molar-refractivity contribution in [2.24, 2.45) is 5.92 Å². The number of anilines is 1. The second kappa shape index (κ2) is 6.33. The number of piperazine rings is 1. The highest BCUT2D eigenvalue weighted by atomic mass is 32.1. The van der Waals surface area contributed by atoms with Gasteiger partial charge in [-0.15, -0.1) is 10.2 Å². The largest absolute Gasteiger partial charge is 0.420 e. The first kappa shape index (κ1) is 16.2. The van der Waals surface area contributed by atoms with Gasteiger partial charge in [0.15, 0.2) is 5.13 Å². The Balaban J connectivity index is 1.26. The van der Waals surface area contributed by atoms with Crippen LogP contribution in [0.2, 0.25) is 0 Å². The third-order valence-corrected chi connectivity index (χ3v) is 6.95. The molecule has 3 saturated heterocycles. The Labute approximate surface area is 156 Å². The Morgan fingerprint density at radius 1 is 1.19 bits per heavy atom. The van der Waals surface area contributed by atoms with Gasteiger partial charge in [-0.3, -0.25) is 4.79 Å². The first-order valence-electron chi connectivity index (χ1n) is 9.52. The molecule has 2 bridgehead atoms. The molecule has 3 aliphatic heterocycles. The molecule has 0 aromatic carbocycles. The van der Waals surface area contributed by atoms with Crippen molar-refractivity contribution in [3.05, 3.63) is 12.1 Å². The lowest BCUT2D eigenvalue weighted by atomic mass is 9.82. The van der Waals surface area contributed by atoms with Crippen LogP contribution in [0.5, 0.6) is 0 Å². The molecule has 0 radical (unpaired) electrons. The zero-order valence-electron chi connectivity index (χ0n) is 14.9. The van der Waals surface area contributed by atoms with Gasteiger partial charge in [0.1, 0.15) is 4.88 Å². The van der Waals surface area contributed by atoms with E-state index in [1.54, 1.807) is 24.5 Å². The number of hydrogen-bond donors (Lipinski definition) is 0. The van der Waals surface area contributed by atoms with Crippen molar-refractivity contribution in [3.8, 4) is 10.8 Å². The molecule has 4 aliphatic rings. The summed E-state index contributed by atoms with van der Waals surface area (Å²) in [6.07, 6.45) is 8.81. The van der Waals surface area contributed by atoms with Crippen LogP contribution in [0.4, 0.5) is 5.13 Å². The summed E-state index contributed by atoms with van der Waals surface area (Å²) >= 11 is 1.58. The van der Waals surface area contributed by atoms with Gasteiger partial charge in [0.2, 0.25) is 11.8 Å². The predicted molar refractivity (Wildman–Crippen MR) is 98.0 cm³/mol. The lowest BCUT2D eigenvalue weighted by Gasteiger charge is -2.57. The van der Waals surface area contributed by atoms with E-state index in [1.165, 1.54) is 19.3 Å². The minimum Gasteiger partial charge on any atom is -0.420 e. The molecule has 4 fully saturated rings. The van der Waals surface area contributed by atoms with E-state index < -0.39 is 0 Å². The molecule has 138 valence electrons. The highest BCUT2D eigenvalue weighted by Gasteiger charge is 2.49. The number of piperidine rings is 1. The molecule has 1 amide bonds. The number of hydrogen-bond acceptors (Lipinski definition) is 7. The summed E-state index contributed by atoms with van der Waals surface area (Å²) in [7, 11) is 0. The van der Waals surface area contributed by atoms with E-state index in [4.69, 9.17) is 4.42 Å². The average Bonchev–Trinajstić information content (AvgIpc) is 3.31. The lowest BCUT2D eigenvalue weighted by Crippen LogP contribution is -2.71. The first-order chi connectivity index (χ1) is 12.7. The second-order valence-corrected chi connectivity index (χ2v) is 8.67. The first-order valence-corrected chi connectivity index (χ1v) is 10.3. The van der Waals surface area contributed by atoms with Crippen molar-refractivity contribution in [2.75, 3.05) is 18.0 Å². The smallest absolute Gasteiger partial charge is 0.259 e. The SMILES string of the molecule is Cc1nnc(-c2cnc(N3CC4CC(C3)N4C(=O)C3CCCCC3)s2)o1. The van der Waals surface area contributed by atoms with Gasteiger partial charge in [0.05, 0.1) is 18.3 Å². The van der Waals surface area contributed by atoms with Crippen LogP contribution in [-0.2, 0) is 4.79 Å². The molecule has 6 rings (SSSR count). The van der Waals surface area contributed by atoms with Gasteiger partial charge in [-0.05, 0) is 19.3 Å². The Morgan fingerprint density at radius 2 is 1.96 bits per heavy atom. The Hall–Kier alpha value is -1.96. The predicted octanol–water partition coefficient (Wildman–Crippen LogP) is 2.87. The van der Waals surface area contributed by atoms with Gasteiger partial charge in [-0.25, -0.2) is 4.98 Å². The van der Waals surface area contributed by atoms with E-state index in [1.807, 2.05) is 0 Å². The summed E-state index contributed by atoms with van der Waals surface area (Å²) in [5.41, 5.74) is 0. The molecule has 2 aromatic rings. The van der Waals surface area contributed by atoms with Gasteiger partial charge in [-0.1, -0.05) is 30.6 Å². The minimum absolute atomic E-state index is 0.271. The molecule has 5 heterocycles. The number of aromatic nitrogens is 3. The number of amides is 1. The second-order valence-electron chi connectivity index (χ2n) is 7.66. The van der Waals surface area contributed by atoms with Crippen LogP contribution >= 0.6 is 11.3 Å². The molecule has 0 N–H and O–H groups in total. The van der Waals surface area contributed by atoms with Gasteiger partial charge >= 0.3 is 0 Å². The number of fused-ring (bicyclic) bond motifs is 2. The fourth-order valence-corrected chi connectivity index (χ4v) is 5.45. The summed E-state index contributed by atoms with van der Waals surface area (Å²) in [5.74, 6) is 1.77. The molecule has 1 saturated carbocycles. The number of thiazole rings is 1. The van der Waals surface area contributed by atoms with Crippen LogP contribution in [0, 0.1) is 12.8 Å². The molecule has 2 unspecified atom stereocenters. The Morgan fingerprint density at radius 3 is 2.65 bits per heavy atom. The molecule has 7 nitrogen and oxygen atoms in total. The van der Waals surface area contributed by atoms with Crippen LogP contribution in [0.1, 0.15) is 44.4 Å². The highest BCUT2D eigenvalue weighted by molar-refractivity contribution is 7.18. The molecular formula is C18H23N5O2S. The Bertz CT molecular complexity index is 800. The van der Waals surface area contributed by atoms with E-state index in [0.717, 1.165) is 42.4 Å². The third-order valence-electron chi connectivity index (χ3n) is 5.90. The quantitative estimate of drug-likeness (QED) is 0.823. The van der Waals surface area contributed by atoms with Crippen molar-refractivity contribution in [1.82, 2.24) is 20.1 Å². The van der Waals surface area contributed by atoms with E-state index >= 15 is 0 Å². The summed E-state index contributed by atoms with van der Waals surface area (Å²) in [4.78, 5) is 22.8. The van der Waals surface area contributed by atoms with Crippen molar-refractivity contribution in [2.45, 2.75) is 57.5 Å². The van der Waals surface area contributed by atoms with Crippen LogP contribution in [-0.4, -0.2) is 51.2 Å². The summed E-state index contributed by atoms with van der Waals surface area (Å²) in [6.45, 7) is 3.55. The number of rotatable bonds is 3. The zero-order chi connectivity index (χ0) is 17.7. The van der Waals surface area contributed by atoms with Gasteiger partial charge < -0.3 is 14.2 Å². The molecular weight excluding hydrogens is 350 g/mol. The number of aryl methyl sites for hydroxylation is 1. The van der Waals surface area contributed by atoms with E-state index in [0.29, 0.717) is 29.8 Å². The van der Waals surface area contributed by atoms with Crippen molar-refractivity contribution in [1.29, 1.82) is 0 Å². The fourth-order valence-electron chi connectivity index (χ4n) is 4.59. The minimum atomic E-state index is 0.271. The molecule has 2 aromatic heterocycles. The van der Waals surface area contributed by atoms with Gasteiger partial charge in [-0.2, -0.15) is 0 Å². The Kier molecular flexibility index (Phi) is 3.95. The molecule has 26 heavy (non-hydrogen) atoms. The van der Waals surface area contributed by atoms with E-state index in [9.17, 15) is 4.79 Å². The van der Waals surface area contributed by atoms with Crippen molar-refractivity contribution < 1.29 is 9.21 Å². The molecule has 0 spiro atoms. The molecule has 8 heteroatoms. The van der Waals surface area contributed by atoms with Crippen molar-refractivity contribution in [3.63, 3.8) is 0 Å². The standard InChI is InChI=1S/C18H23N5O2S/c1-11-20-21-16(25-11)15-8-19-18(26-15)22-9-13-7-14(10-22)23(13)17(24)12-5-3-2-4-6-12/h8,12-14H,2-7,9-10H2,1H3. The number of nitrogens with zero attached hydrogens (tertiary/aromatic N) is 5. The maximum atomic E-state index is 12.9. The summed E-state index contributed by atoms with van der Waals surface area (Å²) < 4.78 is 5.49. The van der Waals surface area contributed by atoms with Gasteiger partial charge in [0.25, 0.3) is 5.89 Å². The average molecular weight is 373 g/mol. The normalized spacial score (nSPS) is 26.0. The number of carbonyl (C=O) groups excluding carboxylic acids is 1. The maximum Gasteiger partial charge on any atom is 0.259 e. The van der Waals surface area contributed by atoms with E-state index in [2.05, 4.69) is 25.0 Å². The fraction of sp³-hybridized carbons (Fsp3) is 0.667. The van der Waals surface area contributed by atoms with Crippen molar-refractivity contribution >= 4 is 22.4 Å². The van der Waals surface area contributed by atoms with Crippen LogP contribution in [0.25, 0.3) is 10.8 Å².